The number of ether oxygens (including phenoxy) is 1. The second-order valence-electron chi connectivity index (χ2n) is 2.62. The van der Waals surface area contributed by atoms with Gasteiger partial charge in [-0.2, -0.15) is 0 Å². The molecule has 0 aliphatic heterocycles. The maximum absolute atomic E-state index is 10.5. The first-order valence-electron chi connectivity index (χ1n) is 3.76. The van der Waals surface area contributed by atoms with Crippen molar-refractivity contribution in [1.29, 1.82) is 0 Å². The minimum absolute atomic E-state index is 0.0679. The Bertz CT molecular complexity index is 450. The number of benzene rings is 1. The minimum atomic E-state index is -4.43. The molecule has 0 aromatic heterocycles. The van der Waals surface area contributed by atoms with Crippen molar-refractivity contribution in [3.05, 3.63) is 29.8 Å². The SMILES string of the molecule is O=C(Cl)OCc1ccc(S(=O)(=O)[O-])cc1. The van der Waals surface area contributed by atoms with Crippen LogP contribution in [-0.2, 0) is 21.5 Å². The first-order valence-corrected chi connectivity index (χ1v) is 5.55. The van der Waals surface area contributed by atoms with Gasteiger partial charge in [0.15, 0.2) is 0 Å². The Balaban J connectivity index is 2.77. The highest BCUT2D eigenvalue weighted by molar-refractivity contribution is 7.85. The van der Waals surface area contributed by atoms with Crippen LogP contribution in [0, 0.1) is 0 Å². The maximum atomic E-state index is 10.5. The van der Waals surface area contributed by atoms with Gasteiger partial charge in [-0.15, -0.1) is 0 Å². The van der Waals surface area contributed by atoms with Crippen LogP contribution < -0.4 is 0 Å². The molecule has 0 amide bonds. The molecular formula is C8H6ClO5S-. The van der Waals surface area contributed by atoms with Gasteiger partial charge in [0.25, 0.3) is 0 Å². The highest BCUT2D eigenvalue weighted by atomic mass is 35.5. The third kappa shape index (κ3) is 3.86. The van der Waals surface area contributed by atoms with Crippen molar-refractivity contribution in [1.82, 2.24) is 0 Å². The van der Waals surface area contributed by atoms with E-state index in [9.17, 15) is 17.8 Å². The maximum Gasteiger partial charge on any atom is 0.404 e. The zero-order chi connectivity index (χ0) is 11.5. The zero-order valence-corrected chi connectivity index (χ0v) is 8.92. The van der Waals surface area contributed by atoms with E-state index in [0.29, 0.717) is 5.56 Å². The second kappa shape index (κ2) is 4.61. The van der Waals surface area contributed by atoms with Crippen LogP contribution in [0.2, 0.25) is 0 Å². The predicted molar refractivity (Wildman–Crippen MR) is 50.4 cm³/mol. The van der Waals surface area contributed by atoms with E-state index in [1.165, 1.54) is 12.1 Å². The third-order valence-corrected chi connectivity index (χ3v) is 2.52. The smallest absolute Gasteiger partial charge is 0.404 e. The van der Waals surface area contributed by atoms with Gasteiger partial charge in [0.05, 0.1) is 4.90 Å². The standard InChI is InChI=1S/C8H7ClO5S/c9-8(10)14-5-6-1-3-7(4-2-6)15(11,12)13/h1-4H,5H2,(H,11,12,13)/p-1. The highest BCUT2D eigenvalue weighted by Gasteiger charge is 2.02. The Labute approximate surface area is 91.4 Å². The Kier molecular flexibility index (Phi) is 3.67. The van der Waals surface area contributed by atoms with Crippen LogP contribution in [0.1, 0.15) is 5.56 Å². The van der Waals surface area contributed by atoms with Crippen LogP contribution in [0.25, 0.3) is 0 Å². The summed E-state index contributed by atoms with van der Waals surface area (Å²) in [6, 6.07) is 5.01. The van der Waals surface area contributed by atoms with Gasteiger partial charge in [-0.1, -0.05) is 12.1 Å². The lowest BCUT2D eigenvalue weighted by Crippen LogP contribution is -1.99. The molecule has 1 aromatic rings. The minimum Gasteiger partial charge on any atom is -0.744 e. The fourth-order valence-corrected chi connectivity index (χ4v) is 1.42. The van der Waals surface area contributed by atoms with Gasteiger partial charge in [0, 0.05) is 11.6 Å². The molecule has 0 saturated carbocycles. The molecule has 0 aliphatic carbocycles. The molecule has 0 heterocycles. The topological polar surface area (TPSA) is 83.5 Å². The number of halogens is 1. The molecule has 0 fully saturated rings. The number of hydrogen-bond donors (Lipinski definition) is 0. The van der Waals surface area contributed by atoms with Gasteiger partial charge in [-0.25, -0.2) is 13.2 Å². The molecule has 1 rings (SSSR count). The summed E-state index contributed by atoms with van der Waals surface area (Å²) in [5.41, 5.74) is -0.410. The zero-order valence-electron chi connectivity index (χ0n) is 7.34. The summed E-state index contributed by atoms with van der Waals surface area (Å²) in [7, 11) is -4.43. The van der Waals surface area contributed by atoms with Crippen LogP contribution in [0.5, 0.6) is 0 Å². The summed E-state index contributed by atoms with van der Waals surface area (Å²) < 4.78 is 36.1. The van der Waals surface area contributed by atoms with Crippen LogP contribution >= 0.6 is 11.6 Å². The van der Waals surface area contributed by atoms with Crippen molar-refractivity contribution in [3.8, 4) is 0 Å². The van der Waals surface area contributed by atoms with Crippen molar-refractivity contribution < 1.29 is 22.5 Å². The number of carbonyl (C=O) groups excluding carboxylic acids is 1. The number of rotatable bonds is 3. The van der Waals surface area contributed by atoms with Crippen LogP contribution in [-0.4, -0.2) is 18.4 Å². The lowest BCUT2D eigenvalue weighted by molar-refractivity contribution is 0.167. The van der Waals surface area contributed by atoms with E-state index in [-0.39, 0.29) is 11.5 Å². The van der Waals surface area contributed by atoms with Crippen molar-refractivity contribution in [2.45, 2.75) is 11.5 Å². The summed E-state index contributed by atoms with van der Waals surface area (Å²) in [4.78, 5) is 9.91. The van der Waals surface area contributed by atoms with Gasteiger partial charge in [0.1, 0.15) is 16.7 Å². The van der Waals surface area contributed by atoms with Crippen molar-refractivity contribution in [2.24, 2.45) is 0 Å². The van der Waals surface area contributed by atoms with Gasteiger partial charge in [-0.3, -0.25) is 0 Å². The molecule has 5 nitrogen and oxygen atoms in total. The van der Waals surface area contributed by atoms with E-state index < -0.39 is 15.5 Å². The summed E-state index contributed by atoms with van der Waals surface area (Å²) in [5.74, 6) is 0. The van der Waals surface area contributed by atoms with E-state index in [1.54, 1.807) is 0 Å². The Morgan fingerprint density at radius 3 is 2.27 bits per heavy atom. The molecule has 0 aliphatic rings. The normalized spacial score (nSPS) is 11.1. The number of hydrogen-bond acceptors (Lipinski definition) is 5. The Morgan fingerprint density at radius 1 is 1.33 bits per heavy atom. The van der Waals surface area contributed by atoms with Crippen molar-refractivity contribution >= 4 is 27.1 Å². The summed E-state index contributed by atoms with van der Waals surface area (Å²) >= 11 is 4.92. The van der Waals surface area contributed by atoms with Gasteiger partial charge in [0.2, 0.25) is 0 Å². The molecule has 0 unspecified atom stereocenters. The summed E-state index contributed by atoms with van der Waals surface area (Å²) in [5, 5.41) is 0. The highest BCUT2D eigenvalue weighted by Crippen LogP contribution is 2.11. The molecule has 82 valence electrons. The molecule has 0 spiro atoms. The molecule has 7 heteroatoms. The molecule has 15 heavy (non-hydrogen) atoms. The summed E-state index contributed by atoms with van der Waals surface area (Å²) in [6.07, 6.45) is 0. The van der Waals surface area contributed by atoms with E-state index in [1.807, 2.05) is 0 Å². The quantitative estimate of drug-likeness (QED) is 0.598. The van der Waals surface area contributed by atoms with Crippen LogP contribution in [0.15, 0.2) is 29.2 Å². The first kappa shape index (κ1) is 12.0. The molecular weight excluding hydrogens is 244 g/mol. The molecule has 0 saturated heterocycles. The lowest BCUT2D eigenvalue weighted by Gasteiger charge is -2.07. The average molecular weight is 250 g/mol. The van der Waals surface area contributed by atoms with Gasteiger partial charge < -0.3 is 9.29 Å². The van der Waals surface area contributed by atoms with Gasteiger partial charge in [-0.05, 0) is 17.7 Å². The molecule has 1 aromatic carbocycles. The second-order valence-corrected chi connectivity index (χ2v) is 4.31. The first-order chi connectivity index (χ1) is 6.89. The van der Waals surface area contributed by atoms with Crippen molar-refractivity contribution in [3.63, 3.8) is 0 Å². The fraction of sp³-hybridized carbons (Fsp3) is 0.125. The predicted octanol–water partition coefficient (Wildman–Crippen LogP) is 1.47. The fourth-order valence-electron chi connectivity index (χ4n) is 0.892. The third-order valence-electron chi connectivity index (χ3n) is 1.56. The van der Waals surface area contributed by atoms with E-state index in [4.69, 9.17) is 11.6 Å². The molecule has 0 radical (unpaired) electrons. The largest absolute Gasteiger partial charge is 0.744 e. The van der Waals surface area contributed by atoms with E-state index >= 15 is 0 Å². The van der Waals surface area contributed by atoms with Crippen molar-refractivity contribution in [2.75, 3.05) is 0 Å². The summed E-state index contributed by atoms with van der Waals surface area (Å²) in [6.45, 7) is -0.0679. The van der Waals surface area contributed by atoms with Crippen LogP contribution in [0.4, 0.5) is 4.79 Å². The molecule has 0 bridgehead atoms. The Morgan fingerprint density at radius 2 is 1.87 bits per heavy atom. The van der Waals surface area contributed by atoms with Crippen LogP contribution in [0.3, 0.4) is 0 Å². The molecule has 0 N–H and O–H groups in total. The van der Waals surface area contributed by atoms with E-state index in [0.717, 1.165) is 12.1 Å². The van der Waals surface area contributed by atoms with E-state index in [2.05, 4.69) is 4.74 Å². The average Bonchev–Trinajstić information content (AvgIpc) is 2.14. The Hall–Kier alpha value is -1.11. The monoisotopic (exact) mass is 249 g/mol. The molecule has 0 atom stereocenters. The lowest BCUT2D eigenvalue weighted by atomic mass is 10.2. The number of carbonyl (C=O) groups is 1. The van der Waals surface area contributed by atoms with Gasteiger partial charge >= 0.3 is 5.43 Å².